The van der Waals surface area contributed by atoms with Gasteiger partial charge in [0.2, 0.25) is 0 Å². The van der Waals surface area contributed by atoms with Crippen LogP contribution in [0.25, 0.3) is 0 Å². The van der Waals surface area contributed by atoms with Crippen molar-refractivity contribution >= 4 is 12.0 Å². The van der Waals surface area contributed by atoms with Crippen LogP contribution in [0.15, 0.2) is 78.9 Å². The molecule has 0 aliphatic heterocycles. The fraction of sp³-hybridized carbons (Fsp3) is 0.125. The van der Waals surface area contributed by atoms with Gasteiger partial charge in [-0.3, -0.25) is 4.79 Å². The van der Waals surface area contributed by atoms with Crippen molar-refractivity contribution in [3.63, 3.8) is 0 Å². The highest BCUT2D eigenvalue weighted by Crippen LogP contribution is 2.26. The molecule has 1 atom stereocenters. The third kappa shape index (κ3) is 6.34. The second-order valence-corrected chi connectivity index (χ2v) is 6.68. The monoisotopic (exact) mass is 415 g/mol. The van der Waals surface area contributed by atoms with Crippen LogP contribution in [0.5, 0.6) is 11.5 Å². The zero-order valence-corrected chi connectivity index (χ0v) is 16.7. The van der Waals surface area contributed by atoms with E-state index in [0.717, 1.165) is 0 Å². The Hall–Kier alpha value is -4.31. The second kappa shape index (κ2) is 10.5. The standard InChI is InChI=1S/C24H21N3O4/c25-15-18-7-4-5-8-19(18)16-30-23(28)14-22(27-24(26)29)17-9-6-12-21(13-17)31-20-10-2-1-3-11-20/h1-13,22H,14,16H2,(H3,26,27,29)/t22-/m0/s1. The molecule has 3 rings (SSSR count). The number of carbonyl (C=O) groups excluding carboxylic acids is 2. The van der Waals surface area contributed by atoms with E-state index in [2.05, 4.69) is 11.4 Å². The summed E-state index contributed by atoms with van der Waals surface area (Å²) in [6.07, 6.45) is -0.132. The lowest BCUT2D eigenvalue weighted by molar-refractivity contribution is -0.145. The molecule has 31 heavy (non-hydrogen) atoms. The van der Waals surface area contributed by atoms with Gasteiger partial charge in [-0.05, 0) is 35.9 Å². The van der Waals surface area contributed by atoms with Crippen molar-refractivity contribution in [1.29, 1.82) is 5.26 Å². The number of carbonyl (C=O) groups is 2. The molecule has 0 unspecified atom stereocenters. The SMILES string of the molecule is N#Cc1ccccc1COC(=O)C[C@H](NC(N)=O)c1cccc(Oc2ccccc2)c1. The molecule has 0 bridgehead atoms. The molecule has 0 aromatic heterocycles. The topological polar surface area (TPSA) is 114 Å². The molecule has 7 nitrogen and oxygen atoms in total. The number of primary amides is 1. The summed E-state index contributed by atoms with van der Waals surface area (Å²) >= 11 is 0. The molecule has 3 aromatic rings. The number of nitrogens with two attached hydrogens (primary N) is 1. The van der Waals surface area contributed by atoms with Crippen molar-refractivity contribution in [3.05, 3.63) is 95.6 Å². The first-order valence-corrected chi connectivity index (χ1v) is 9.57. The highest BCUT2D eigenvalue weighted by molar-refractivity contribution is 5.75. The minimum absolute atomic E-state index is 0.0387. The molecule has 0 saturated carbocycles. The third-order valence-electron chi connectivity index (χ3n) is 4.45. The maximum atomic E-state index is 12.4. The molecule has 156 valence electrons. The number of esters is 1. The number of nitrogens with zero attached hydrogens (tertiary/aromatic N) is 1. The summed E-state index contributed by atoms with van der Waals surface area (Å²) in [5.74, 6) is 0.673. The maximum absolute atomic E-state index is 12.4. The number of amides is 2. The summed E-state index contributed by atoms with van der Waals surface area (Å²) in [6, 6.07) is 23.7. The second-order valence-electron chi connectivity index (χ2n) is 6.68. The van der Waals surface area contributed by atoms with Gasteiger partial charge in [0.05, 0.1) is 24.1 Å². The van der Waals surface area contributed by atoms with E-state index in [1.165, 1.54) is 0 Å². The fourth-order valence-corrected chi connectivity index (χ4v) is 2.98. The van der Waals surface area contributed by atoms with E-state index < -0.39 is 18.0 Å². The number of hydrogen-bond acceptors (Lipinski definition) is 5. The van der Waals surface area contributed by atoms with Crippen molar-refractivity contribution in [2.75, 3.05) is 0 Å². The number of urea groups is 1. The summed E-state index contributed by atoms with van der Waals surface area (Å²) in [4.78, 5) is 23.9. The van der Waals surface area contributed by atoms with Gasteiger partial charge in [0, 0.05) is 5.56 Å². The lowest BCUT2D eigenvalue weighted by Gasteiger charge is -2.18. The van der Waals surface area contributed by atoms with Gasteiger partial charge in [0.25, 0.3) is 0 Å². The van der Waals surface area contributed by atoms with Crippen molar-refractivity contribution < 1.29 is 19.1 Å². The lowest BCUT2D eigenvalue weighted by Crippen LogP contribution is -2.34. The number of benzene rings is 3. The van der Waals surface area contributed by atoms with Gasteiger partial charge in [-0.15, -0.1) is 0 Å². The molecule has 0 fully saturated rings. The molecule has 3 N–H and O–H groups in total. The van der Waals surface area contributed by atoms with Crippen LogP contribution in [0.3, 0.4) is 0 Å². The Balaban J connectivity index is 1.70. The zero-order chi connectivity index (χ0) is 22.1. The molecule has 0 saturated heterocycles. The number of para-hydroxylation sites is 1. The van der Waals surface area contributed by atoms with E-state index in [1.807, 2.05) is 30.3 Å². The Morgan fingerprint density at radius 2 is 1.68 bits per heavy atom. The Labute approximate surface area is 180 Å². The summed E-state index contributed by atoms with van der Waals surface area (Å²) < 4.78 is 11.1. The van der Waals surface area contributed by atoms with E-state index in [9.17, 15) is 9.59 Å². The highest BCUT2D eigenvalue weighted by atomic mass is 16.5. The van der Waals surface area contributed by atoms with Crippen LogP contribution in [0.1, 0.15) is 29.2 Å². The van der Waals surface area contributed by atoms with Crippen molar-refractivity contribution in [3.8, 4) is 17.6 Å². The summed E-state index contributed by atoms with van der Waals surface area (Å²) in [6.45, 7) is -0.0387. The number of hydrogen-bond donors (Lipinski definition) is 2. The molecule has 0 spiro atoms. The molecule has 0 heterocycles. The van der Waals surface area contributed by atoms with Gasteiger partial charge in [0.1, 0.15) is 18.1 Å². The van der Waals surface area contributed by atoms with E-state index in [4.69, 9.17) is 20.5 Å². The highest BCUT2D eigenvalue weighted by Gasteiger charge is 2.19. The molecule has 3 aromatic carbocycles. The Bertz CT molecular complexity index is 1090. The average Bonchev–Trinajstić information content (AvgIpc) is 2.78. The van der Waals surface area contributed by atoms with Gasteiger partial charge >= 0.3 is 12.0 Å². The fourth-order valence-electron chi connectivity index (χ4n) is 2.98. The molecule has 0 radical (unpaired) electrons. The van der Waals surface area contributed by atoms with Gasteiger partial charge in [-0.25, -0.2) is 4.79 Å². The van der Waals surface area contributed by atoms with Crippen LogP contribution >= 0.6 is 0 Å². The van der Waals surface area contributed by atoms with Gasteiger partial charge in [0.15, 0.2) is 0 Å². The average molecular weight is 415 g/mol. The summed E-state index contributed by atoms with van der Waals surface area (Å²) in [7, 11) is 0. The van der Waals surface area contributed by atoms with Crippen molar-refractivity contribution in [1.82, 2.24) is 5.32 Å². The largest absolute Gasteiger partial charge is 0.461 e. The van der Waals surface area contributed by atoms with E-state index in [0.29, 0.717) is 28.2 Å². The molecule has 2 amide bonds. The molecular weight excluding hydrogens is 394 g/mol. The van der Waals surface area contributed by atoms with Crippen molar-refractivity contribution in [2.24, 2.45) is 5.73 Å². The first kappa shape index (κ1) is 21.4. The number of nitriles is 1. The Kier molecular flexibility index (Phi) is 7.22. The minimum atomic E-state index is -0.762. The van der Waals surface area contributed by atoms with Crippen LogP contribution < -0.4 is 15.8 Å². The first-order chi connectivity index (χ1) is 15.0. The van der Waals surface area contributed by atoms with Gasteiger partial charge < -0.3 is 20.5 Å². The first-order valence-electron chi connectivity index (χ1n) is 9.57. The molecule has 0 aliphatic rings. The van der Waals surface area contributed by atoms with Crippen LogP contribution in [-0.2, 0) is 16.1 Å². The van der Waals surface area contributed by atoms with Crippen LogP contribution in [0, 0.1) is 11.3 Å². The number of ether oxygens (including phenoxy) is 2. The normalized spacial score (nSPS) is 11.1. The Morgan fingerprint density at radius 1 is 0.968 bits per heavy atom. The van der Waals surface area contributed by atoms with E-state index in [1.54, 1.807) is 48.5 Å². The number of nitrogens with one attached hydrogen (secondary N) is 1. The third-order valence-corrected chi connectivity index (χ3v) is 4.45. The smallest absolute Gasteiger partial charge is 0.312 e. The molecular formula is C24H21N3O4. The summed E-state index contributed by atoms with van der Waals surface area (Å²) in [5.41, 5.74) is 6.99. The predicted molar refractivity (Wildman–Crippen MR) is 114 cm³/mol. The maximum Gasteiger partial charge on any atom is 0.312 e. The van der Waals surface area contributed by atoms with E-state index >= 15 is 0 Å². The van der Waals surface area contributed by atoms with Crippen LogP contribution in [0.4, 0.5) is 4.79 Å². The number of rotatable bonds is 8. The minimum Gasteiger partial charge on any atom is -0.461 e. The van der Waals surface area contributed by atoms with Gasteiger partial charge in [-0.1, -0.05) is 48.5 Å². The Morgan fingerprint density at radius 3 is 2.42 bits per heavy atom. The lowest BCUT2D eigenvalue weighted by atomic mass is 10.0. The van der Waals surface area contributed by atoms with Gasteiger partial charge in [-0.2, -0.15) is 5.26 Å². The predicted octanol–water partition coefficient (Wildman–Crippen LogP) is 4.19. The summed E-state index contributed by atoms with van der Waals surface area (Å²) in [5, 5.41) is 11.7. The molecule has 7 heteroatoms. The molecule has 0 aliphatic carbocycles. The van der Waals surface area contributed by atoms with Crippen LogP contribution in [-0.4, -0.2) is 12.0 Å². The zero-order valence-electron chi connectivity index (χ0n) is 16.7. The van der Waals surface area contributed by atoms with Crippen LogP contribution in [0.2, 0.25) is 0 Å². The van der Waals surface area contributed by atoms with E-state index in [-0.39, 0.29) is 13.0 Å². The van der Waals surface area contributed by atoms with Crippen molar-refractivity contribution in [2.45, 2.75) is 19.1 Å². The quantitative estimate of drug-likeness (QED) is 0.535.